The van der Waals surface area contributed by atoms with Gasteiger partial charge in [0.05, 0.1) is 16.6 Å². The van der Waals surface area contributed by atoms with E-state index in [1.54, 1.807) is 22.3 Å². The van der Waals surface area contributed by atoms with Crippen LogP contribution in [0.5, 0.6) is 0 Å². The molecule has 3 aromatic rings. The summed E-state index contributed by atoms with van der Waals surface area (Å²) in [6.07, 6.45) is 6.63. The lowest BCUT2D eigenvalue weighted by molar-refractivity contribution is 0.0747. The number of carbonyl (C=O) groups is 1. The lowest BCUT2D eigenvalue weighted by Gasteiger charge is -2.25. The summed E-state index contributed by atoms with van der Waals surface area (Å²) in [5.41, 5.74) is 3.43. The minimum absolute atomic E-state index is 0.000322. The fourth-order valence-corrected chi connectivity index (χ4v) is 4.82. The number of nitrogens with zero attached hydrogens (tertiary/aromatic N) is 4. The van der Waals surface area contributed by atoms with Crippen molar-refractivity contribution in [2.45, 2.75) is 39.2 Å². The molecule has 0 N–H and O–H groups in total. The van der Waals surface area contributed by atoms with Gasteiger partial charge < -0.3 is 4.90 Å². The number of rotatable bonds is 4. The van der Waals surface area contributed by atoms with Crippen molar-refractivity contribution in [2.24, 2.45) is 5.92 Å². The normalized spacial score (nSPS) is 17.4. The number of fused-ring (bicyclic) bond motifs is 1. The smallest absolute Gasteiger partial charge is 0.264 e. The Bertz CT molecular complexity index is 930. The van der Waals surface area contributed by atoms with Crippen LogP contribution in [0.15, 0.2) is 43.0 Å². The largest absolute Gasteiger partial charge is 0.334 e. The maximum Gasteiger partial charge on any atom is 0.264 e. The van der Waals surface area contributed by atoms with Crippen LogP contribution in [0.4, 0.5) is 0 Å². The first-order valence-corrected chi connectivity index (χ1v) is 10.2. The van der Waals surface area contributed by atoms with E-state index in [1.165, 1.54) is 23.2 Å². The van der Waals surface area contributed by atoms with Gasteiger partial charge in [-0.15, -0.1) is 11.3 Å². The van der Waals surface area contributed by atoms with E-state index in [1.807, 2.05) is 36.2 Å². The first-order valence-electron chi connectivity index (χ1n) is 9.36. The molecule has 2 heterocycles. The molecule has 1 aliphatic carbocycles. The number of hydrogen-bond acceptors (Lipinski definition) is 4. The van der Waals surface area contributed by atoms with Gasteiger partial charge in [-0.3, -0.25) is 4.79 Å². The third kappa shape index (κ3) is 3.54. The summed E-state index contributed by atoms with van der Waals surface area (Å²) in [6.45, 7) is 4.36. The Labute approximate surface area is 163 Å². The van der Waals surface area contributed by atoms with Crippen molar-refractivity contribution in [1.29, 1.82) is 0 Å². The zero-order valence-corrected chi connectivity index (χ0v) is 16.7. The van der Waals surface area contributed by atoms with Gasteiger partial charge in [0.15, 0.2) is 0 Å². The average molecular weight is 381 g/mol. The van der Waals surface area contributed by atoms with Gasteiger partial charge in [0.2, 0.25) is 0 Å². The van der Waals surface area contributed by atoms with E-state index in [4.69, 9.17) is 0 Å². The van der Waals surface area contributed by atoms with Crippen LogP contribution in [-0.4, -0.2) is 32.6 Å². The summed E-state index contributed by atoms with van der Waals surface area (Å²) in [5, 5.41) is 4.14. The lowest BCUT2D eigenvalue weighted by atomic mass is 9.90. The van der Waals surface area contributed by atoms with Crippen molar-refractivity contribution in [3.8, 4) is 5.69 Å². The Balaban J connectivity index is 1.50. The topological polar surface area (TPSA) is 51.0 Å². The van der Waals surface area contributed by atoms with Crippen molar-refractivity contribution < 1.29 is 4.79 Å². The summed E-state index contributed by atoms with van der Waals surface area (Å²) >= 11 is 1.68. The summed E-state index contributed by atoms with van der Waals surface area (Å²) < 4.78 is 1.72. The first-order chi connectivity index (χ1) is 13.0. The molecule has 0 radical (unpaired) electrons. The highest BCUT2D eigenvalue weighted by molar-refractivity contribution is 7.14. The third-order valence-electron chi connectivity index (χ3n) is 5.50. The lowest BCUT2D eigenvalue weighted by Crippen LogP contribution is -2.29. The fourth-order valence-electron chi connectivity index (χ4n) is 3.63. The first kappa shape index (κ1) is 17.9. The van der Waals surface area contributed by atoms with Gasteiger partial charge in [0.1, 0.15) is 12.7 Å². The number of benzene rings is 1. The molecule has 0 spiro atoms. The van der Waals surface area contributed by atoms with E-state index in [0.717, 1.165) is 34.9 Å². The molecule has 0 unspecified atom stereocenters. The van der Waals surface area contributed by atoms with E-state index < -0.39 is 0 Å². The van der Waals surface area contributed by atoms with E-state index >= 15 is 0 Å². The second-order valence-corrected chi connectivity index (χ2v) is 8.57. The SMILES string of the molecule is C[C@@H]1CCc2sc(C(=O)N(C)[C@@H](C)c3ccc(-n4cncn4)cc3)cc2C1. The Morgan fingerprint density at radius 3 is 2.81 bits per heavy atom. The summed E-state index contributed by atoms with van der Waals surface area (Å²) in [5.74, 6) is 0.824. The highest BCUT2D eigenvalue weighted by Crippen LogP contribution is 2.33. The molecular formula is C21H24N4OS. The Kier molecular flexibility index (Phi) is 4.83. The molecule has 0 bridgehead atoms. The number of amides is 1. The predicted octanol–water partition coefficient (Wildman–Crippen LogP) is 4.29. The number of carbonyl (C=O) groups excluding carboxylic acids is 1. The number of thiophene rings is 1. The molecule has 0 aliphatic heterocycles. The summed E-state index contributed by atoms with van der Waals surface area (Å²) in [7, 11) is 1.89. The molecule has 1 aliphatic rings. The van der Waals surface area contributed by atoms with E-state index in [2.05, 4.69) is 30.0 Å². The van der Waals surface area contributed by atoms with Crippen molar-refractivity contribution in [3.05, 3.63) is 63.9 Å². The van der Waals surface area contributed by atoms with Crippen LogP contribution in [0.1, 0.15) is 52.0 Å². The van der Waals surface area contributed by atoms with Gasteiger partial charge in [-0.05, 0) is 61.4 Å². The maximum absolute atomic E-state index is 13.0. The van der Waals surface area contributed by atoms with E-state index in [-0.39, 0.29) is 11.9 Å². The van der Waals surface area contributed by atoms with Crippen LogP contribution in [0.25, 0.3) is 5.69 Å². The van der Waals surface area contributed by atoms with Gasteiger partial charge in [-0.1, -0.05) is 19.1 Å². The van der Waals surface area contributed by atoms with Gasteiger partial charge in [0, 0.05) is 11.9 Å². The monoisotopic (exact) mass is 380 g/mol. The summed E-state index contributed by atoms with van der Waals surface area (Å²) in [6, 6.07) is 10.2. The number of hydrogen-bond donors (Lipinski definition) is 0. The zero-order valence-electron chi connectivity index (χ0n) is 15.9. The molecular weight excluding hydrogens is 356 g/mol. The number of aryl methyl sites for hydroxylation is 1. The molecule has 0 fully saturated rings. The van der Waals surface area contributed by atoms with Crippen LogP contribution in [-0.2, 0) is 12.8 Å². The van der Waals surface area contributed by atoms with Crippen molar-refractivity contribution in [2.75, 3.05) is 7.05 Å². The maximum atomic E-state index is 13.0. The van der Waals surface area contributed by atoms with E-state index in [0.29, 0.717) is 0 Å². The highest BCUT2D eigenvalue weighted by Gasteiger charge is 2.24. The quantitative estimate of drug-likeness (QED) is 0.678. The van der Waals surface area contributed by atoms with Gasteiger partial charge in [-0.2, -0.15) is 5.10 Å². The Hall–Kier alpha value is -2.47. The molecule has 1 amide bonds. The minimum Gasteiger partial charge on any atom is -0.334 e. The molecule has 6 heteroatoms. The second-order valence-electron chi connectivity index (χ2n) is 7.43. The molecule has 1 aromatic carbocycles. The van der Waals surface area contributed by atoms with Gasteiger partial charge >= 0.3 is 0 Å². The Morgan fingerprint density at radius 2 is 2.11 bits per heavy atom. The molecule has 4 rings (SSSR count). The number of aromatic nitrogens is 3. The molecule has 2 aromatic heterocycles. The zero-order chi connectivity index (χ0) is 19.0. The predicted molar refractivity (Wildman–Crippen MR) is 107 cm³/mol. The van der Waals surface area contributed by atoms with Crippen LogP contribution < -0.4 is 0 Å². The Morgan fingerprint density at radius 1 is 1.33 bits per heavy atom. The molecule has 140 valence electrons. The van der Waals surface area contributed by atoms with Crippen LogP contribution in [0.3, 0.4) is 0 Å². The molecule has 27 heavy (non-hydrogen) atoms. The van der Waals surface area contributed by atoms with Crippen LogP contribution in [0.2, 0.25) is 0 Å². The van der Waals surface area contributed by atoms with E-state index in [9.17, 15) is 4.79 Å². The molecule has 2 atom stereocenters. The van der Waals surface area contributed by atoms with Gasteiger partial charge in [-0.25, -0.2) is 9.67 Å². The second kappa shape index (κ2) is 7.27. The molecule has 0 saturated carbocycles. The van der Waals surface area contributed by atoms with Crippen molar-refractivity contribution in [3.63, 3.8) is 0 Å². The average Bonchev–Trinajstić information content (AvgIpc) is 3.36. The molecule has 5 nitrogen and oxygen atoms in total. The highest BCUT2D eigenvalue weighted by atomic mass is 32.1. The van der Waals surface area contributed by atoms with Crippen LogP contribution in [0, 0.1) is 5.92 Å². The van der Waals surface area contributed by atoms with Crippen molar-refractivity contribution >= 4 is 17.2 Å². The molecule has 0 saturated heterocycles. The third-order valence-corrected chi connectivity index (χ3v) is 6.73. The van der Waals surface area contributed by atoms with Gasteiger partial charge in [0.25, 0.3) is 5.91 Å². The van der Waals surface area contributed by atoms with Crippen LogP contribution >= 0.6 is 11.3 Å². The minimum atomic E-state index is 0.000322. The fraction of sp³-hybridized carbons (Fsp3) is 0.381. The standard InChI is InChI=1S/C21H24N4OS/c1-14-4-9-19-17(10-14)11-20(27-19)21(26)24(3)15(2)16-5-7-18(8-6-16)25-13-22-12-23-25/h5-8,11-15H,4,9-10H2,1-3H3/t14-,15+/m1/s1. The summed E-state index contributed by atoms with van der Waals surface area (Å²) in [4.78, 5) is 21.1. The van der Waals surface area contributed by atoms with Crippen molar-refractivity contribution in [1.82, 2.24) is 19.7 Å².